The van der Waals surface area contributed by atoms with E-state index in [4.69, 9.17) is 0 Å². The summed E-state index contributed by atoms with van der Waals surface area (Å²) in [6.07, 6.45) is 12.8. The minimum atomic E-state index is -0.251. The van der Waals surface area contributed by atoms with Crippen molar-refractivity contribution < 1.29 is 0 Å². The maximum Gasteiger partial charge on any atom is 0.0619 e. The van der Waals surface area contributed by atoms with Crippen molar-refractivity contribution in [3.05, 3.63) is 260 Å². The van der Waals surface area contributed by atoms with E-state index in [0.29, 0.717) is 6.54 Å². The first-order valence-electron chi connectivity index (χ1n) is 25.0. The van der Waals surface area contributed by atoms with Crippen LogP contribution < -0.4 is 4.90 Å². The zero-order valence-electron chi connectivity index (χ0n) is 42.0. The van der Waals surface area contributed by atoms with Crippen LogP contribution in [0, 0.1) is 5.92 Å². The molecule has 348 valence electrons. The van der Waals surface area contributed by atoms with Crippen LogP contribution in [-0.4, -0.2) is 11.1 Å². The van der Waals surface area contributed by atoms with Gasteiger partial charge in [-0.2, -0.15) is 0 Å². The Morgan fingerprint density at radius 2 is 1.09 bits per heavy atom. The topological polar surface area (TPSA) is 8.17 Å². The second kappa shape index (κ2) is 22.0. The fourth-order valence-electron chi connectivity index (χ4n) is 9.74. The third kappa shape index (κ3) is 9.69. The second-order valence-corrected chi connectivity index (χ2v) is 17.9. The van der Waals surface area contributed by atoms with Crippen LogP contribution in [0.25, 0.3) is 72.0 Å². The predicted molar refractivity (Wildman–Crippen MR) is 307 cm³/mol. The lowest BCUT2D eigenvalue weighted by molar-refractivity contribution is 0.409. The van der Waals surface area contributed by atoms with E-state index in [1.807, 2.05) is 39.8 Å². The molecule has 0 spiro atoms. The molecule has 1 atom stereocenters. The molecule has 0 amide bonds. The Morgan fingerprint density at radius 1 is 0.543 bits per heavy atom. The van der Waals surface area contributed by atoms with Crippen molar-refractivity contribution in [2.45, 2.75) is 53.9 Å². The van der Waals surface area contributed by atoms with Crippen LogP contribution in [-0.2, 0) is 5.41 Å². The molecule has 2 nitrogen and oxygen atoms in total. The van der Waals surface area contributed by atoms with Gasteiger partial charge in [0, 0.05) is 39.9 Å². The number of nitrogens with zero attached hydrogens (tertiary/aromatic N) is 2. The van der Waals surface area contributed by atoms with Crippen molar-refractivity contribution >= 4 is 33.2 Å². The van der Waals surface area contributed by atoms with E-state index in [-0.39, 0.29) is 11.3 Å². The van der Waals surface area contributed by atoms with Crippen molar-refractivity contribution in [3.8, 4) is 50.2 Å². The Balaban J connectivity index is 0.00000161. The average molecular weight is 911 g/mol. The Labute approximate surface area is 417 Å². The molecule has 1 unspecified atom stereocenters. The highest BCUT2D eigenvalue weighted by atomic mass is 15.1. The maximum atomic E-state index is 4.17. The van der Waals surface area contributed by atoms with Gasteiger partial charge in [0.05, 0.1) is 11.0 Å². The molecule has 1 aliphatic heterocycles. The summed E-state index contributed by atoms with van der Waals surface area (Å²) >= 11 is 0. The molecule has 8 aromatic carbocycles. The molecule has 1 aromatic heterocycles. The summed E-state index contributed by atoms with van der Waals surface area (Å²) in [7, 11) is 0. The molecule has 0 saturated heterocycles. The second-order valence-electron chi connectivity index (χ2n) is 17.9. The van der Waals surface area contributed by atoms with Crippen LogP contribution in [0.3, 0.4) is 0 Å². The number of hydrogen-bond acceptors (Lipinski definition) is 1. The average Bonchev–Trinajstić information content (AvgIpc) is 3.77. The molecule has 1 aliphatic rings. The number of aromatic nitrogens is 1. The number of para-hydroxylation sites is 2. The zero-order valence-corrected chi connectivity index (χ0v) is 42.0. The van der Waals surface area contributed by atoms with Crippen molar-refractivity contribution in [2.75, 3.05) is 11.4 Å². The van der Waals surface area contributed by atoms with E-state index < -0.39 is 0 Å². The van der Waals surface area contributed by atoms with Gasteiger partial charge in [-0.15, -0.1) is 0 Å². The Hall–Kier alpha value is -7.94. The van der Waals surface area contributed by atoms with Crippen LogP contribution in [0.2, 0.25) is 0 Å². The third-order valence-electron chi connectivity index (χ3n) is 13.7. The van der Waals surface area contributed by atoms with Crippen molar-refractivity contribution in [2.24, 2.45) is 5.92 Å². The summed E-state index contributed by atoms with van der Waals surface area (Å²) in [5.41, 5.74) is 18.7. The summed E-state index contributed by atoms with van der Waals surface area (Å²) < 4.78 is 2.44. The van der Waals surface area contributed by atoms with Gasteiger partial charge in [-0.25, -0.2) is 0 Å². The third-order valence-corrected chi connectivity index (χ3v) is 13.7. The van der Waals surface area contributed by atoms with Crippen molar-refractivity contribution in [1.82, 2.24) is 4.57 Å². The molecule has 0 bridgehead atoms. The number of anilines is 2. The van der Waals surface area contributed by atoms with Crippen molar-refractivity contribution in [3.63, 3.8) is 0 Å². The van der Waals surface area contributed by atoms with Crippen LogP contribution in [0.5, 0.6) is 0 Å². The van der Waals surface area contributed by atoms with Gasteiger partial charge in [-0.1, -0.05) is 238 Å². The number of fused-ring (bicyclic) bond motifs is 4. The molecule has 10 rings (SSSR count). The minimum Gasteiger partial charge on any atom is -0.337 e. The number of benzene rings is 8. The lowest BCUT2D eigenvalue weighted by Crippen LogP contribution is -2.30. The van der Waals surface area contributed by atoms with Gasteiger partial charge in [-0.3, -0.25) is 0 Å². The van der Waals surface area contributed by atoms with Gasteiger partial charge < -0.3 is 9.47 Å². The minimum absolute atomic E-state index is 0.178. The standard InChI is InChI=1S/C64H54N2.2C2H6/c1-6-20-46(7-2)52-25-19-40-65(55-37-34-49(35-38-55)47-21-11-8-12-22-47)62-39-36-53(44-60(62)64(4,5)45(3)41-52)50-30-32-51(33-31-50)58-42-54(48-23-13-9-14-24-48)43-59-57-28-17-18-29-61(57)66(63(58)59)56-26-15-10-16-27-56;2*1-2/h6-39,41-45H,1-2,40H2,3-5H3;2*1-2H3/b25-19-,46-20+,52-41+;;. The zero-order chi connectivity index (χ0) is 49.2. The first kappa shape index (κ1) is 48.5. The first-order valence-corrected chi connectivity index (χ1v) is 25.0. The SMILES string of the molecule is C=C/C=C(C=C)/C1=C/C(C)C(C)(C)c2cc(-c3ccc(-c4cc(-c5ccccc5)cc5c6ccccc6n(-c6ccccc6)c45)cc3)ccc2N(c2ccc(-c3ccccc3)cc2)C/C=C\1.CC.CC. The highest BCUT2D eigenvalue weighted by molar-refractivity contribution is 6.15. The fraction of sp³-hybridized carbons (Fsp3) is 0.147. The molecule has 2 heteroatoms. The monoisotopic (exact) mass is 911 g/mol. The molecule has 9 aromatic rings. The van der Waals surface area contributed by atoms with Gasteiger partial charge >= 0.3 is 0 Å². The Kier molecular flexibility index (Phi) is 15.2. The van der Waals surface area contributed by atoms with Gasteiger partial charge in [0.1, 0.15) is 0 Å². The molecule has 0 radical (unpaired) electrons. The highest BCUT2D eigenvalue weighted by Gasteiger charge is 2.32. The lowest BCUT2D eigenvalue weighted by atomic mass is 9.71. The quantitative estimate of drug-likeness (QED) is 0.131. The molecule has 0 N–H and O–H groups in total. The van der Waals surface area contributed by atoms with Gasteiger partial charge in [0.15, 0.2) is 0 Å². The summed E-state index contributed by atoms with van der Waals surface area (Å²) in [5.74, 6) is 0.178. The van der Waals surface area contributed by atoms with E-state index in [2.05, 4.69) is 262 Å². The summed E-state index contributed by atoms with van der Waals surface area (Å²) in [6, 6.07) is 71.0. The summed E-state index contributed by atoms with van der Waals surface area (Å²) in [5, 5.41) is 2.48. The molecule has 0 aliphatic carbocycles. The van der Waals surface area contributed by atoms with E-state index in [1.54, 1.807) is 0 Å². The van der Waals surface area contributed by atoms with Crippen LogP contribution in [0.1, 0.15) is 54.0 Å². The van der Waals surface area contributed by atoms with E-state index >= 15 is 0 Å². The van der Waals surface area contributed by atoms with E-state index in [1.165, 1.54) is 77.6 Å². The number of allylic oxidation sites excluding steroid dienone is 7. The predicted octanol–water partition coefficient (Wildman–Crippen LogP) is 19.4. The molecular formula is C68H66N2. The molecular weight excluding hydrogens is 845 g/mol. The molecule has 2 heterocycles. The highest BCUT2D eigenvalue weighted by Crippen LogP contribution is 2.45. The largest absolute Gasteiger partial charge is 0.337 e. The first-order chi connectivity index (χ1) is 34.3. The summed E-state index contributed by atoms with van der Waals surface area (Å²) in [4.78, 5) is 2.46. The molecule has 70 heavy (non-hydrogen) atoms. The number of rotatable bonds is 9. The normalized spacial score (nSPS) is 15.5. The van der Waals surface area contributed by atoms with Crippen molar-refractivity contribution in [1.29, 1.82) is 0 Å². The molecule has 0 fully saturated rings. The van der Waals surface area contributed by atoms with E-state index in [9.17, 15) is 0 Å². The Bertz CT molecular complexity index is 3310. The van der Waals surface area contributed by atoms with Gasteiger partial charge in [0.25, 0.3) is 0 Å². The smallest absolute Gasteiger partial charge is 0.0619 e. The number of hydrogen-bond donors (Lipinski definition) is 0. The van der Waals surface area contributed by atoms with Gasteiger partial charge in [0.2, 0.25) is 0 Å². The molecule has 0 saturated carbocycles. The van der Waals surface area contributed by atoms with Crippen LogP contribution >= 0.6 is 0 Å². The van der Waals surface area contributed by atoms with Gasteiger partial charge in [-0.05, 0) is 122 Å². The summed E-state index contributed by atoms with van der Waals surface area (Å²) in [6.45, 7) is 24.0. The van der Waals surface area contributed by atoms with Crippen LogP contribution in [0.4, 0.5) is 11.4 Å². The fourth-order valence-corrected chi connectivity index (χ4v) is 9.74. The van der Waals surface area contributed by atoms with Crippen LogP contribution in [0.15, 0.2) is 255 Å². The Morgan fingerprint density at radius 3 is 1.73 bits per heavy atom. The van der Waals surface area contributed by atoms with E-state index in [0.717, 1.165) is 22.5 Å². The lowest BCUT2D eigenvalue weighted by Gasteiger charge is -2.37. The maximum absolute atomic E-state index is 4.17.